The SMILES string of the molecule is C=CC(=O)N1CCN(c2c(C#N)c(OCCN3CCC(OC)C3)nc3c2CCN(c2cccc4cccc(C)c24)C3)C[C@@H]1CC#N. The summed E-state index contributed by atoms with van der Waals surface area (Å²) in [6.07, 6.45) is 3.44. The maximum Gasteiger partial charge on any atom is 0.246 e. The van der Waals surface area contributed by atoms with Crippen LogP contribution < -0.4 is 14.5 Å². The molecule has 3 aromatic rings. The summed E-state index contributed by atoms with van der Waals surface area (Å²) in [7, 11) is 1.75. The number of hydrogen-bond donors (Lipinski definition) is 0. The van der Waals surface area contributed by atoms with Crippen molar-refractivity contribution in [2.24, 2.45) is 0 Å². The van der Waals surface area contributed by atoms with E-state index in [1.807, 2.05) is 0 Å². The summed E-state index contributed by atoms with van der Waals surface area (Å²) in [5.74, 6) is 0.163. The number of aryl methyl sites for hydroxylation is 1. The van der Waals surface area contributed by atoms with Crippen molar-refractivity contribution >= 4 is 28.1 Å². The van der Waals surface area contributed by atoms with Crippen LogP contribution in [0.25, 0.3) is 10.8 Å². The number of likely N-dealkylation sites (tertiary alicyclic amines) is 1. The highest BCUT2D eigenvalue weighted by Gasteiger charge is 2.35. The lowest BCUT2D eigenvalue weighted by atomic mass is 9.95. The number of carbonyl (C=O) groups excluding carboxylic acids is 1. The van der Waals surface area contributed by atoms with Crippen LogP contribution in [0.15, 0.2) is 49.1 Å². The molecule has 2 atom stereocenters. The maximum atomic E-state index is 12.6. The summed E-state index contributed by atoms with van der Waals surface area (Å²) in [5, 5.41) is 22.6. The fourth-order valence-electron chi connectivity index (χ4n) is 7.27. The lowest BCUT2D eigenvalue weighted by molar-refractivity contribution is -0.128. The number of rotatable bonds is 9. The van der Waals surface area contributed by atoms with Crippen LogP contribution in [0.1, 0.15) is 35.2 Å². The minimum atomic E-state index is -0.313. The fourth-order valence-corrected chi connectivity index (χ4v) is 7.27. The van der Waals surface area contributed by atoms with Gasteiger partial charge in [0.1, 0.15) is 18.2 Å². The summed E-state index contributed by atoms with van der Waals surface area (Å²) in [5.41, 5.74) is 5.57. The monoisotopic (exact) mass is 619 g/mol. The number of nitriles is 2. The number of amides is 1. The van der Waals surface area contributed by atoms with E-state index in [4.69, 9.17) is 14.5 Å². The predicted octanol–water partition coefficient (Wildman–Crippen LogP) is 4.19. The second-order valence-electron chi connectivity index (χ2n) is 12.3. The van der Waals surface area contributed by atoms with E-state index in [0.717, 1.165) is 43.0 Å². The van der Waals surface area contributed by atoms with Crippen molar-refractivity contribution in [2.45, 2.75) is 44.9 Å². The van der Waals surface area contributed by atoms with Crippen molar-refractivity contribution in [3.63, 3.8) is 0 Å². The maximum absolute atomic E-state index is 12.6. The Labute approximate surface area is 271 Å². The average molecular weight is 620 g/mol. The number of methoxy groups -OCH3 is 1. The number of fused-ring (bicyclic) bond motifs is 2. The number of piperazine rings is 1. The Kier molecular flexibility index (Phi) is 9.39. The molecule has 238 valence electrons. The Morgan fingerprint density at radius 2 is 1.93 bits per heavy atom. The lowest BCUT2D eigenvalue weighted by Crippen LogP contribution is -2.55. The lowest BCUT2D eigenvalue weighted by Gasteiger charge is -2.43. The van der Waals surface area contributed by atoms with Gasteiger partial charge in [0.05, 0.1) is 42.6 Å². The Balaban J connectivity index is 1.36. The largest absolute Gasteiger partial charge is 0.475 e. The molecule has 2 aromatic carbocycles. The first-order valence-corrected chi connectivity index (χ1v) is 16.1. The van der Waals surface area contributed by atoms with Crippen molar-refractivity contribution in [3.05, 3.63) is 71.4 Å². The quantitative estimate of drug-likeness (QED) is 0.326. The second-order valence-corrected chi connectivity index (χ2v) is 12.3. The molecule has 3 aliphatic rings. The van der Waals surface area contributed by atoms with Gasteiger partial charge in [-0.3, -0.25) is 9.69 Å². The molecule has 0 spiro atoms. The van der Waals surface area contributed by atoms with Gasteiger partial charge in [0.2, 0.25) is 11.8 Å². The first-order valence-electron chi connectivity index (χ1n) is 16.1. The molecule has 3 aliphatic heterocycles. The summed E-state index contributed by atoms with van der Waals surface area (Å²) in [4.78, 5) is 26.3. The van der Waals surface area contributed by atoms with Gasteiger partial charge in [-0.1, -0.05) is 36.9 Å². The van der Waals surface area contributed by atoms with Crippen LogP contribution in [0, 0.1) is 29.6 Å². The number of hydrogen-bond acceptors (Lipinski definition) is 9. The number of ether oxygens (including phenoxy) is 2. The van der Waals surface area contributed by atoms with Gasteiger partial charge >= 0.3 is 0 Å². The molecule has 0 aliphatic carbocycles. The minimum Gasteiger partial charge on any atom is -0.475 e. The molecular formula is C36H41N7O3. The summed E-state index contributed by atoms with van der Waals surface area (Å²) in [6.45, 7) is 11.5. The third-order valence-corrected chi connectivity index (χ3v) is 9.63. The van der Waals surface area contributed by atoms with E-state index < -0.39 is 0 Å². The highest BCUT2D eigenvalue weighted by atomic mass is 16.5. The highest BCUT2D eigenvalue weighted by Crippen LogP contribution is 2.40. The van der Waals surface area contributed by atoms with E-state index in [0.29, 0.717) is 57.2 Å². The molecule has 1 amide bonds. The molecular weight excluding hydrogens is 578 g/mol. The average Bonchev–Trinajstić information content (AvgIpc) is 3.55. The van der Waals surface area contributed by atoms with Gasteiger partial charge in [-0.2, -0.15) is 10.5 Å². The smallest absolute Gasteiger partial charge is 0.246 e. The molecule has 1 unspecified atom stereocenters. The third-order valence-electron chi connectivity index (χ3n) is 9.63. The summed E-state index contributed by atoms with van der Waals surface area (Å²) in [6, 6.07) is 17.2. The van der Waals surface area contributed by atoms with E-state index in [9.17, 15) is 15.3 Å². The Bertz CT molecular complexity index is 1710. The first kappa shape index (κ1) is 31.3. The Morgan fingerprint density at radius 3 is 2.67 bits per heavy atom. The minimum absolute atomic E-state index is 0.181. The number of nitrogens with zero attached hydrogens (tertiary/aromatic N) is 7. The fraction of sp³-hybridized carbons (Fsp3) is 0.444. The van der Waals surface area contributed by atoms with Crippen LogP contribution in [0.4, 0.5) is 11.4 Å². The normalized spacial score (nSPS) is 19.9. The van der Waals surface area contributed by atoms with Crippen molar-refractivity contribution in [1.82, 2.24) is 14.8 Å². The number of benzene rings is 2. The predicted molar refractivity (Wildman–Crippen MR) is 178 cm³/mol. The van der Waals surface area contributed by atoms with Crippen LogP contribution in [0.3, 0.4) is 0 Å². The van der Waals surface area contributed by atoms with E-state index in [1.54, 1.807) is 12.0 Å². The molecule has 0 saturated carbocycles. The Morgan fingerprint density at radius 1 is 1.11 bits per heavy atom. The van der Waals surface area contributed by atoms with Gasteiger partial charge in [0.15, 0.2) is 0 Å². The molecule has 10 heteroatoms. The Hall–Kier alpha value is -4.64. The first-order chi connectivity index (χ1) is 22.4. The molecule has 0 N–H and O–H groups in total. The van der Waals surface area contributed by atoms with E-state index in [-0.39, 0.29) is 24.5 Å². The van der Waals surface area contributed by atoms with Gasteiger partial charge < -0.3 is 24.2 Å². The van der Waals surface area contributed by atoms with Gasteiger partial charge in [-0.25, -0.2) is 4.98 Å². The molecule has 0 bridgehead atoms. The topological polar surface area (TPSA) is 109 Å². The van der Waals surface area contributed by atoms with Crippen molar-refractivity contribution in [2.75, 3.05) is 69.3 Å². The summed E-state index contributed by atoms with van der Waals surface area (Å²) < 4.78 is 11.9. The molecule has 1 aromatic heterocycles. The van der Waals surface area contributed by atoms with Crippen LogP contribution in [0.2, 0.25) is 0 Å². The number of carbonyl (C=O) groups is 1. The summed E-state index contributed by atoms with van der Waals surface area (Å²) >= 11 is 0. The molecule has 0 radical (unpaired) electrons. The number of pyridine rings is 1. The van der Waals surface area contributed by atoms with Crippen molar-refractivity contribution in [3.8, 4) is 18.0 Å². The van der Waals surface area contributed by atoms with Crippen molar-refractivity contribution in [1.29, 1.82) is 10.5 Å². The molecule has 2 saturated heterocycles. The van der Waals surface area contributed by atoms with Gasteiger partial charge in [-0.15, -0.1) is 0 Å². The molecule has 4 heterocycles. The van der Waals surface area contributed by atoms with E-state index in [1.165, 1.54) is 28.1 Å². The van der Waals surface area contributed by atoms with Gasteiger partial charge in [0.25, 0.3) is 0 Å². The van der Waals surface area contributed by atoms with Crippen LogP contribution >= 0.6 is 0 Å². The standard InChI is InChI=1S/C36H41N7O3/c1-4-33(44)43-18-17-42(22-27(43)11-14-37)35-29-13-16-41(32-10-6-9-26-8-5-7-25(2)34(26)32)24-31(29)39-36(30(35)21-38)46-20-19-40-15-12-28(23-40)45-3/h4-10,27-28H,1,11-13,15-20,22-24H2,2-3H3/t27-,28?/m0/s1. The van der Waals surface area contributed by atoms with Gasteiger partial charge in [0, 0.05) is 69.6 Å². The van der Waals surface area contributed by atoms with E-state index >= 15 is 0 Å². The van der Waals surface area contributed by atoms with Crippen LogP contribution in [-0.4, -0.2) is 92.4 Å². The zero-order valence-corrected chi connectivity index (χ0v) is 26.7. The molecule has 6 rings (SSSR count). The number of aromatic nitrogens is 1. The second kappa shape index (κ2) is 13.8. The van der Waals surface area contributed by atoms with Gasteiger partial charge in [-0.05, 0) is 42.9 Å². The molecule has 10 nitrogen and oxygen atoms in total. The van der Waals surface area contributed by atoms with E-state index in [2.05, 4.69) is 76.7 Å². The molecule has 46 heavy (non-hydrogen) atoms. The third kappa shape index (κ3) is 6.11. The zero-order valence-electron chi connectivity index (χ0n) is 26.7. The van der Waals surface area contributed by atoms with Crippen LogP contribution in [-0.2, 0) is 22.5 Å². The zero-order chi connectivity index (χ0) is 32.2. The number of anilines is 2. The van der Waals surface area contributed by atoms with Crippen molar-refractivity contribution < 1.29 is 14.3 Å². The highest BCUT2D eigenvalue weighted by molar-refractivity contribution is 5.97. The molecule has 2 fully saturated rings. The van der Waals surface area contributed by atoms with Crippen LogP contribution in [0.5, 0.6) is 5.88 Å².